The first-order valence-corrected chi connectivity index (χ1v) is 6.26. The summed E-state index contributed by atoms with van der Waals surface area (Å²) in [6.45, 7) is 0.755. The molecular formula is C13H18F2N2O2. The Morgan fingerprint density at radius 2 is 1.95 bits per heavy atom. The Morgan fingerprint density at radius 1 is 1.26 bits per heavy atom. The minimum absolute atomic E-state index is 0.151. The van der Waals surface area contributed by atoms with Gasteiger partial charge in [-0.15, -0.1) is 0 Å². The van der Waals surface area contributed by atoms with Gasteiger partial charge in [0.25, 0.3) is 0 Å². The Kier molecular flexibility index (Phi) is 5.07. The fraction of sp³-hybridized carbons (Fsp3) is 0.538. The van der Waals surface area contributed by atoms with Crippen LogP contribution in [0.15, 0.2) is 24.3 Å². The molecule has 1 saturated heterocycles. The number of hydrogen-bond acceptors (Lipinski definition) is 4. The predicted molar refractivity (Wildman–Crippen MR) is 67.3 cm³/mol. The van der Waals surface area contributed by atoms with Crippen molar-refractivity contribution < 1.29 is 18.3 Å². The smallest absolute Gasteiger partial charge is 0.387 e. The van der Waals surface area contributed by atoms with E-state index in [1.165, 1.54) is 6.07 Å². The summed E-state index contributed by atoms with van der Waals surface area (Å²) in [5, 5.41) is 0. The highest BCUT2D eigenvalue weighted by Gasteiger charge is 2.19. The molecule has 1 aliphatic heterocycles. The molecule has 1 aromatic rings. The first kappa shape index (κ1) is 14.2. The molecule has 0 aliphatic carbocycles. The zero-order valence-corrected chi connectivity index (χ0v) is 10.6. The zero-order chi connectivity index (χ0) is 13.7. The van der Waals surface area contributed by atoms with E-state index in [1.807, 2.05) is 0 Å². The molecule has 19 heavy (non-hydrogen) atoms. The van der Waals surface area contributed by atoms with Crippen LogP contribution < -0.4 is 10.5 Å². The maximum atomic E-state index is 12.3. The number of para-hydroxylation sites is 1. The van der Waals surface area contributed by atoms with Gasteiger partial charge in [-0.2, -0.15) is 8.78 Å². The summed E-state index contributed by atoms with van der Waals surface area (Å²) in [5.74, 6) is 0.151. The highest BCUT2D eigenvalue weighted by Crippen LogP contribution is 2.25. The Labute approximate surface area is 111 Å². The second-order valence-corrected chi connectivity index (χ2v) is 4.44. The number of rotatable bonds is 5. The van der Waals surface area contributed by atoms with E-state index in [9.17, 15) is 8.78 Å². The van der Waals surface area contributed by atoms with Crippen molar-refractivity contribution in [2.75, 3.05) is 32.8 Å². The van der Waals surface area contributed by atoms with Gasteiger partial charge in [0.05, 0.1) is 13.2 Å². The largest absolute Gasteiger partial charge is 0.434 e. The van der Waals surface area contributed by atoms with Crippen molar-refractivity contribution in [2.24, 2.45) is 5.73 Å². The minimum atomic E-state index is -2.84. The topological polar surface area (TPSA) is 47.7 Å². The molecule has 1 unspecified atom stereocenters. The van der Waals surface area contributed by atoms with E-state index in [0.29, 0.717) is 25.3 Å². The van der Waals surface area contributed by atoms with E-state index in [0.717, 1.165) is 13.1 Å². The van der Waals surface area contributed by atoms with Crippen molar-refractivity contribution in [3.63, 3.8) is 0 Å². The number of benzene rings is 1. The van der Waals surface area contributed by atoms with E-state index in [4.69, 9.17) is 10.5 Å². The Hall–Kier alpha value is -1.24. The van der Waals surface area contributed by atoms with Crippen LogP contribution in [0.1, 0.15) is 11.6 Å². The van der Waals surface area contributed by atoms with Crippen LogP contribution in [0.2, 0.25) is 0 Å². The first-order valence-electron chi connectivity index (χ1n) is 6.26. The minimum Gasteiger partial charge on any atom is -0.434 e. The van der Waals surface area contributed by atoms with Crippen LogP contribution in [0.3, 0.4) is 0 Å². The lowest BCUT2D eigenvalue weighted by Gasteiger charge is -2.29. The molecule has 1 heterocycles. The van der Waals surface area contributed by atoms with Crippen molar-refractivity contribution in [3.8, 4) is 5.75 Å². The van der Waals surface area contributed by atoms with Gasteiger partial charge >= 0.3 is 6.61 Å². The van der Waals surface area contributed by atoms with E-state index >= 15 is 0 Å². The van der Waals surface area contributed by atoms with Crippen LogP contribution in [0.25, 0.3) is 0 Å². The molecule has 106 valence electrons. The summed E-state index contributed by atoms with van der Waals surface area (Å²) in [7, 11) is 0. The molecule has 0 aromatic heterocycles. The van der Waals surface area contributed by atoms with Gasteiger partial charge in [-0.1, -0.05) is 18.2 Å². The van der Waals surface area contributed by atoms with Crippen molar-refractivity contribution in [1.82, 2.24) is 4.90 Å². The Morgan fingerprint density at radius 3 is 2.63 bits per heavy atom. The van der Waals surface area contributed by atoms with Gasteiger partial charge in [0, 0.05) is 31.2 Å². The molecule has 2 rings (SSSR count). The highest BCUT2D eigenvalue weighted by molar-refractivity contribution is 5.36. The fourth-order valence-electron chi connectivity index (χ4n) is 2.15. The zero-order valence-electron chi connectivity index (χ0n) is 10.6. The van der Waals surface area contributed by atoms with Gasteiger partial charge in [0.15, 0.2) is 0 Å². The summed E-state index contributed by atoms with van der Waals surface area (Å²) in [4.78, 5) is 2.16. The lowest BCUT2D eigenvalue weighted by molar-refractivity contribution is -0.0507. The van der Waals surface area contributed by atoms with E-state index < -0.39 is 6.61 Å². The molecule has 4 nitrogen and oxygen atoms in total. The number of alkyl halides is 2. The summed E-state index contributed by atoms with van der Waals surface area (Å²) >= 11 is 0. The third kappa shape index (κ3) is 4.12. The van der Waals surface area contributed by atoms with E-state index in [-0.39, 0.29) is 11.8 Å². The third-order valence-electron chi connectivity index (χ3n) is 3.09. The van der Waals surface area contributed by atoms with Crippen molar-refractivity contribution in [3.05, 3.63) is 29.8 Å². The molecule has 0 spiro atoms. The maximum absolute atomic E-state index is 12.3. The molecule has 0 saturated carbocycles. The van der Waals surface area contributed by atoms with Crippen LogP contribution in [0.4, 0.5) is 8.78 Å². The summed E-state index contributed by atoms with van der Waals surface area (Å²) in [5.41, 5.74) is 6.70. The van der Waals surface area contributed by atoms with Crippen LogP contribution in [0.5, 0.6) is 5.75 Å². The van der Waals surface area contributed by atoms with Crippen LogP contribution in [-0.2, 0) is 4.74 Å². The summed E-state index contributed by atoms with van der Waals surface area (Å²) < 4.78 is 34.4. The van der Waals surface area contributed by atoms with Gasteiger partial charge in [0.2, 0.25) is 0 Å². The lowest BCUT2D eigenvalue weighted by Crippen LogP contribution is -2.40. The molecule has 1 fully saturated rings. The molecule has 0 radical (unpaired) electrons. The average molecular weight is 272 g/mol. The van der Waals surface area contributed by atoms with Gasteiger partial charge in [0.1, 0.15) is 5.75 Å². The van der Waals surface area contributed by atoms with Crippen LogP contribution in [0, 0.1) is 0 Å². The number of morpholine rings is 1. The number of halogens is 2. The standard InChI is InChI=1S/C13H18F2N2O2/c14-13(15)19-12-4-2-1-3-10(12)11(16)9-17-5-7-18-8-6-17/h1-4,11,13H,5-9,16H2. The van der Waals surface area contributed by atoms with Gasteiger partial charge in [-0.25, -0.2) is 0 Å². The maximum Gasteiger partial charge on any atom is 0.387 e. The molecule has 0 bridgehead atoms. The number of nitrogens with two attached hydrogens (primary N) is 1. The van der Waals surface area contributed by atoms with Crippen molar-refractivity contribution in [2.45, 2.75) is 12.7 Å². The SMILES string of the molecule is NC(CN1CCOCC1)c1ccccc1OC(F)F. The normalized spacial score (nSPS) is 18.5. The summed E-state index contributed by atoms with van der Waals surface area (Å²) in [6.07, 6.45) is 0. The number of ether oxygens (including phenoxy) is 2. The molecule has 0 amide bonds. The molecule has 1 aromatic carbocycles. The molecule has 1 atom stereocenters. The van der Waals surface area contributed by atoms with Crippen molar-refractivity contribution >= 4 is 0 Å². The molecule has 2 N–H and O–H groups in total. The summed E-state index contributed by atoms with van der Waals surface area (Å²) in [6, 6.07) is 6.31. The number of hydrogen-bond donors (Lipinski definition) is 1. The predicted octanol–water partition coefficient (Wildman–Crippen LogP) is 1.62. The quantitative estimate of drug-likeness (QED) is 0.885. The monoisotopic (exact) mass is 272 g/mol. The second-order valence-electron chi connectivity index (χ2n) is 4.44. The highest BCUT2D eigenvalue weighted by atomic mass is 19.3. The van der Waals surface area contributed by atoms with Gasteiger partial charge in [-0.05, 0) is 6.07 Å². The Balaban J connectivity index is 2.02. The number of nitrogens with zero attached hydrogens (tertiary/aromatic N) is 1. The van der Waals surface area contributed by atoms with Crippen LogP contribution in [-0.4, -0.2) is 44.4 Å². The molecular weight excluding hydrogens is 254 g/mol. The van der Waals surface area contributed by atoms with Crippen molar-refractivity contribution in [1.29, 1.82) is 0 Å². The van der Waals surface area contributed by atoms with E-state index in [1.54, 1.807) is 18.2 Å². The fourth-order valence-corrected chi connectivity index (χ4v) is 2.15. The molecule has 1 aliphatic rings. The average Bonchev–Trinajstić information content (AvgIpc) is 2.39. The van der Waals surface area contributed by atoms with Gasteiger partial charge < -0.3 is 15.2 Å². The second kappa shape index (κ2) is 6.79. The Bertz CT molecular complexity index is 398. The first-order chi connectivity index (χ1) is 9.16. The van der Waals surface area contributed by atoms with Gasteiger partial charge in [-0.3, -0.25) is 4.90 Å². The third-order valence-corrected chi connectivity index (χ3v) is 3.09. The molecule has 6 heteroatoms. The van der Waals surface area contributed by atoms with E-state index in [2.05, 4.69) is 9.64 Å². The van der Waals surface area contributed by atoms with Crippen LogP contribution >= 0.6 is 0 Å². The lowest BCUT2D eigenvalue weighted by atomic mass is 10.1.